The van der Waals surface area contributed by atoms with Crippen molar-refractivity contribution < 1.29 is 27.2 Å². The summed E-state index contributed by atoms with van der Waals surface area (Å²) in [6, 6.07) is 11.1. The number of benzene rings is 1. The van der Waals surface area contributed by atoms with Gasteiger partial charge in [-0.25, -0.2) is 0 Å². The molecule has 2 heterocycles. The lowest BCUT2D eigenvalue weighted by Gasteiger charge is -2.27. The van der Waals surface area contributed by atoms with E-state index in [-0.39, 0.29) is 6.42 Å². The summed E-state index contributed by atoms with van der Waals surface area (Å²) in [5.41, 5.74) is 0.674. The van der Waals surface area contributed by atoms with E-state index in [1.165, 1.54) is 4.90 Å². The van der Waals surface area contributed by atoms with Crippen LogP contribution in [-0.2, 0) is 22.6 Å². The summed E-state index contributed by atoms with van der Waals surface area (Å²) in [6.45, 7) is 2.70. The van der Waals surface area contributed by atoms with Gasteiger partial charge in [-0.05, 0) is 24.1 Å². The maximum Gasteiger partial charge on any atom is 0.471 e. The predicted octanol–water partition coefficient (Wildman–Crippen LogP) is 2.60. The van der Waals surface area contributed by atoms with E-state index >= 15 is 0 Å². The van der Waals surface area contributed by atoms with Gasteiger partial charge in [0.1, 0.15) is 11.8 Å². The normalized spacial score (nSPS) is 16.7. The van der Waals surface area contributed by atoms with Crippen LogP contribution in [0.25, 0.3) is 0 Å². The van der Waals surface area contributed by atoms with Crippen molar-refractivity contribution in [2.24, 2.45) is 0 Å². The second-order valence-corrected chi connectivity index (χ2v) is 7.25. The zero-order valence-corrected chi connectivity index (χ0v) is 16.4. The molecular formula is C21H24F3N3O3. The lowest BCUT2D eigenvalue weighted by Crippen LogP contribution is -2.53. The van der Waals surface area contributed by atoms with Crippen LogP contribution in [-0.4, -0.2) is 60.0 Å². The van der Waals surface area contributed by atoms with Gasteiger partial charge in [-0.15, -0.1) is 0 Å². The molecule has 0 bridgehead atoms. The van der Waals surface area contributed by atoms with Crippen molar-refractivity contribution in [2.75, 3.05) is 26.2 Å². The van der Waals surface area contributed by atoms with Crippen molar-refractivity contribution >= 4 is 11.8 Å². The first kappa shape index (κ1) is 21.9. The Morgan fingerprint density at radius 2 is 1.80 bits per heavy atom. The van der Waals surface area contributed by atoms with E-state index in [0.29, 0.717) is 38.2 Å². The van der Waals surface area contributed by atoms with Crippen molar-refractivity contribution in [3.05, 3.63) is 60.1 Å². The fourth-order valence-electron chi connectivity index (χ4n) is 3.48. The highest BCUT2D eigenvalue weighted by atomic mass is 19.4. The quantitative estimate of drug-likeness (QED) is 0.776. The van der Waals surface area contributed by atoms with Gasteiger partial charge in [0.15, 0.2) is 0 Å². The first-order chi connectivity index (χ1) is 14.3. The Morgan fingerprint density at radius 3 is 2.47 bits per heavy atom. The molecule has 1 saturated heterocycles. The average Bonchev–Trinajstić information content (AvgIpc) is 3.11. The Morgan fingerprint density at radius 1 is 1.03 bits per heavy atom. The smallest absolute Gasteiger partial charge is 0.468 e. The number of furan rings is 1. The standard InChI is InChI=1S/C21H24F3N3O3/c22-21(23,24)20(29)25-18(14-16-6-2-1-3-7-16)19(28)27-10-5-9-26(11-12-27)15-17-8-4-13-30-17/h1-4,6-8,13,18H,5,9-12,14-15H2,(H,25,29). The molecule has 0 radical (unpaired) electrons. The largest absolute Gasteiger partial charge is 0.471 e. The Balaban J connectivity index is 1.67. The van der Waals surface area contributed by atoms with Crippen molar-refractivity contribution in [1.82, 2.24) is 15.1 Å². The van der Waals surface area contributed by atoms with Gasteiger partial charge < -0.3 is 14.6 Å². The maximum atomic E-state index is 13.0. The second kappa shape index (κ2) is 9.80. The fraction of sp³-hybridized carbons (Fsp3) is 0.429. The van der Waals surface area contributed by atoms with E-state index in [1.54, 1.807) is 42.7 Å². The molecule has 1 aromatic heterocycles. The molecule has 1 aromatic carbocycles. The summed E-state index contributed by atoms with van der Waals surface area (Å²) < 4.78 is 43.7. The number of carbonyl (C=O) groups excluding carboxylic acids is 2. The molecule has 3 rings (SSSR count). The number of amides is 2. The zero-order chi connectivity index (χ0) is 21.6. The third-order valence-corrected chi connectivity index (χ3v) is 5.00. The number of halogens is 3. The third-order valence-electron chi connectivity index (χ3n) is 5.00. The summed E-state index contributed by atoms with van der Waals surface area (Å²) in [7, 11) is 0. The lowest BCUT2D eigenvalue weighted by molar-refractivity contribution is -0.175. The van der Waals surface area contributed by atoms with Crippen LogP contribution in [0.15, 0.2) is 53.1 Å². The highest BCUT2D eigenvalue weighted by molar-refractivity contribution is 5.90. The van der Waals surface area contributed by atoms with Crippen LogP contribution in [0.3, 0.4) is 0 Å². The molecule has 162 valence electrons. The first-order valence-electron chi connectivity index (χ1n) is 9.78. The van der Waals surface area contributed by atoms with Gasteiger partial charge in [0.25, 0.3) is 0 Å². The summed E-state index contributed by atoms with van der Waals surface area (Å²) in [4.78, 5) is 28.2. The fourth-order valence-corrected chi connectivity index (χ4v) is 3.48. The molecule has 1 atom stereocenters. The monoisotopic (exact) mass is 423 g/mol. The molecule has 2 amide bonds. The highest BCUT2D eigenvalue weighted by Gasteiger charge is 2.41. The Hall–Kier alpha value is -2.81. The number of rotatable bonds is 6. The van der Waals surface area contributed by atoms with Crippen LogP contribution in [0, 0.1) is 0 Å². The van der Waals surface area contributed by atoms with E-state index in [4.69, 9.17) is 4.42 Å². The molecule has 9 heteroatoms. The molecule has 1 unspecified atom stereocenters. The minimum absolute atomic E-state index is 0.00585. The lowest BCUT2D eigenvalue weighted by atomic mass is 10.0. The molecule has 0 aliphatic carbocycles. The van der Waals surface area contributed by atoms with Crippen LogP contribution < -0.4 is 5.32 Å². The topological polar surface area (TPSA) is 65.8 Å². The number of alkyl halides is 3. The van der Waals surface area contributed by atoms with Crippen molar-refractivity contribution in [2.45, 2.75) is 31.6 Å². The minimum Gasteiger partial charge on any atom is -0.468 e. The number of carbonyl (C=O) groups is 2. The summed E-state index contributed by atoms with van der Waals surface area (Å²) in [5.74, 6) is -1.79. The summed E-state index contributed by atoms with van der Waals surface area (Å²) >= 11 is 0. The Bertz CT molecular complexity index is 825. The number of nitrogens with zero attached hydrogens (tertiary/aromatic N) is 2. The first-order valence-corrected chi connectivity index (χ1v) is 9.78. The second-order valence-electron chi connectivity index (χ2n) is 7.25. The minimum atomic E-state index is -5.05. The molecule has 30 heavy (non-hydrogen) atoms. The van der Waals surface area contributed by atoms with Crippen LogP contribution >= 0.6 is 0 Å². The van der Waals surface area contributed by atoms with E-state index in [2.05, 4.69) is 4.90 Å². The molecule has 0 spiro atoms. The van der Waals surface area contributed by atoms with Gasteiger partial charge in [0, 0.05) is 32.6 Å². The Kier molecular flexibility index (Phi) is 7.15. The van der Waals surface area contributed by atoms with Crippen LogP contribution in [0.5, 0.6) is 0 Å². The van der Waals surface area contributed by atoms with Crippen molar-refractivity contribution in [1.29, 1.82) is 0 Å². The molecule has 6 nitrogen and oxygen atoms in total. The van der Waals surface area contributed by atoms with Crippen LogP contribution in [0.2, 0.25) is 0 Å². The van der Waals surface area contributed by atoms with Crippen molar-refractivity contribution in [3.8, 4) is 0 Å². The molecule has 1 N–H and O–H groups in total. The van der Waals surface area contributed by atoms with Gasteiger partial charge in [-0.3, -0.25) is 14.5 Å². The van der Waals surface area contributed by atoms with Crippen LogP contribution in [0.4, 0.5) is 13.2 Å². The average molecular weight is 423 g/mol. The van der Waals surface area contributed by atoms with Gasteiger partial charge in [0.05, 0.1) is 12.8 Å². The summed E-state index contributed by atoms with van der Waals surface area (Å²) in [5, 5.41) is 1.89. The molecule has 1 fully saturated rings. The molecular weight excluding hydrogens is 399 g/mol. The molecule has 2 aromatic rings. The SMILES string of the molecule is O=C(C(Cc1ccccc1)NC(=O)C(F)(F)F)N1CCCN(Cc2ccco2)CC1. The maximum absolute atomic E-state index is 13.0. The summed E-state index contributed by atoms with van der Waals surface area (Å²) in [6.07, 6.45) is -2.78. The number of nitrogens with one attached hydrogen (secondary N) is 1. The van der Waals surface area contributed by atoms with E-state index in [0.717, 1.165) is 12.3 Å². The molecule has 0 saturated carbocycles. The van der Waals surface area contributed by atoms with Gasteiger partial charge >= 0.3 is 12.1 Å². The highest BCUT2D eigenvalue weighted by Crippen LogP contribution is 2.17. The van der Waals surface area contributed by atoms with Crippen molar-refractivity contribution in [3.63, 3.8) is 0 Å². The van der Waals surface area contributed by atoms with Gasteiger partial charge in [-0.1, -0.05) is 30.3 Å². The molecule has 1 aliphatic heterocycles. The third kappa shape index (κ3) is 6.09. The Labute approximate surface area is 172 Å². The van der Waals surface area contributed by atoms with E-state index < -0.39 is 24.0 Å². The molecule has 1 aliphatic rings. The van der Waals surface area contributed by atoms with Crippen LogP contribution in [0.1, 0.15) is 17.7 Å². The van der Waals surface area contributed by atoms with Gasteiger partial charge in [-0.2, -0.15) is 13.2 Å². The van der Waals surface area contributed by atoms with E-state index in [9.17, 15) is 22.8 Å². The number of hydrogen-bond acceptors (Lipinski definition) is 4. The zero-order valence-electron chi connectivity index (χ0n) is 16.4. The van der Waals surface area contributed by atoms with Gasteiger partial charge in [0.2, 0.25) is 5.91 Å². The predicted molar refractivity (Wildman–Crippen MR) is 103 cm³/mol. The van der Waals surface area contributed by atoms with E-state index in [1.807, 2.05) is 11.4 Å². The number of hydrogen-bond donors (Lipinski definition) is 1.